The van der Waals surface area contributed by atoms with E-state index in [1.165, 1.54) is 4.90 Å². The molecule has 6 heteroatoms. The summed E-state index contributed by atoms with van der Waals surface area (Å²) in [6.07, 6.45) is 0.910. The molecule has 0 saturated carbocycles. The number of nitrogens with zero attached hydrogens (tertiary/aromatic N) is 2. The number of aliphatic carboxylic acids is 1. The summed E-state index contributed by atoms with van der Waals surface area (Å²) < 4.78 is 0. The van der Waals surface area contributed by atoms with Gasteiger partial charge in [0.05, 0.1) is 0 Å². The molecule has 6 nitrogen and oxygen atoms in total. The van der Waals surface area contributed by atoms with E-state index in [0.717, 1.165) is 19.5 Å². The number of hydrogen-bond acceptors (Lipinski definition) is 3. The first-order valence-electron chi connectivity index (χ1n) is 6.18. The normalized spacial score (nSPS) is 20.8. The van der Waals surface area contributed by atoms with E-state index in [0.29, 0.717) is 0 Å². The van der Waals surface area contributed by atoms with Crippen LogP contribution in [0.3, 0.4) is 0 Å². The number of hydrogen-bond donors (Lipinski definition) is 2. The fourth-order valence-corrected chi connectivity index (χ4v) is 2.05. The van der Waals surface area contributed by atoms with Crippen molar-refractivity contribution in [2.75, 3.05) is 26.7 Å². The highest BCUT2D eigenvalue weighted by molar-refractivity contribution is 5.81. The maximum Gasteiger partial charge on any atom is 0.323 e. The zero-order chi connectivity index (χ0) is 13.9. The second-order valence-corrected chi connectivity index (χ2v) is 5.85. The quantitative estimate of drug-likeness (QED) is 0.776. The van der Waals surface area contributed by atoms with Crippen molar-refractivity contribution >= 4 is 12.0 Å². The van der Waals surface area contributed by atoms with Crippen LogP contribution in [0.1, 0.15) is 27.2 Å². The number of amides is 2. The number of nitrogens with one attached hydrogen (secondary N) is 1. The van der Waals surface area contributed by atoms with E-state index in [1.54, 1.807) is 0 Å². The lowest BCUT2D eigenvalue weighted by atomic mass is 10.1. The number of carbonyl (C=O) groups is 2. The first kappa shape index (κ1) is 14.8. The van der Waals surface area contributed by atoms with Crippen molar-refractivity contribution in [1.29, 1.82) is 0 Å². The maximum atomic E-state index is 12.1. The van der Waals surface area contributed by atoms with E-state index >= 15 is 0 Å². The molecule has 1 unspecified atom stereocenters. The maximum absolute atomic E-state index is 12.1. The van der Waals surface area contributed by atoms with E-state index in [2.05, 4.69) is 10.2 Å². The molecule has 2 amide bonds. The van der Waals surface area contributed by atoms with E-state index < -0.39 is 11.5 Å². The van der Waals surface area contributed by atoms with Crippen LogP contribution in [-0.2, 0) is 4.79 Å². The van der Waals surface area contributed by atoms with E-state index in [4.69, 9.17) is 5.11 Å². The zero-order valence-electron chi connectivity index (χ0n) is 11.6. The molecule has 0 bridgehead atoms. The van der Waals surface area contributed by atoms with Gasteiger partial charge in [0.15, 0.2) is 0 Å². The molecule has 2 N–H and O–H groups in total. The first-order chi connectivity index (χ1) is 8.20. The molecule has 1 fully saturated rings. The van der Waals surface area contributed by atoms with Gasteiger partial charge in [-0.1, -0.05) is 0 Å². The van der Waals surface area contributed by atoms with Gasteiger partial charge in [0.25, 0.3) is 0 Å². The third kappa shape index (κ3) is 4.18. The largest absolute Gasteiger partial charge is 0.480 e. The third-order valence-corrected chi connectivity index (χ3v) is 3.07. The summed E-state index contributed by atoms with van der Waals surface area (Å²) in [5.74, 6) is -0.997. The topological polar surface area (TPSA) is 72.9 Å². The van der Waals surface area contributed by atoms with Gasteiger partial charge in [0.1, 0.15) is 6.54 Å². The Kier molecular flexibility index (Phi) is 4.56. The van der Waals surface area contributed by atoms with Crippen LogP contribution < -0.4 is 5.32 Å². The highest BCUT2D eigenvalue weighted by Crippen LogP contribution is 2.14. The number of likely N-dealkylation sites (N-methyl/N-ethyl adjacent to an activating group) is 1. The summed E-state index contributed by atoms with van der Waals surface area (Å²) in [5, 5.41) is 11.8. The SMILES string of the molecule is CN1CCC(NC(=O)N(CC(=O)O)C(C)(C)C)C1. The second-order valence-electron chi connectivity index (χ2n) is 5.85. The first-order valence-corrected chi connectivity index (χ1v) is 6.18. The fraction of sp³-hybridized carbons (Fsp3) is 0.833. The Morgan fingerprint density at radius 3 is 2.44 bits per heavy atom. The predicted molar refractivity (Wildman–Crippen MR) is 68.5 cm³/mol. The number of likely N-dealkylation sites (tertiary alicyclic amines) is 1. The molecule has 0 spiro atoms. The third-order valence-electron chi connectivity index (χ3n) is 3.07. The van der Waals surface area contributed by atoms with E-state index in [9.17, 15) is 9.59 Å². The molecule has 1 aliphatic rings. The van der Waals surface area contributed by atoms with Gasteiger partial charge in [-0.15, -0.1) is 0 Å². The van der Waals surface area contributed by atoms with Gasteiger partial charge in [-0.25, -0.2) is 4.79 Å². The Morgan fingerprint density at radius 1 is 1.44 bits per heavy atom. The number of rotatable bonds is 3. The molecule has 1 saturated heterocycles. The van der Waals surface area contributed by atoms with Gasteiger partial charge < -0.3 is 20.2 Å². The summed E-state index contributed by atoms with van der Waals surface area (Å²) in [6.45, 7) is 6.98. The molecule has 0 aromatic heterocycles. The molecule has 0 aliphatic carbocycles. The molecular weight excluding hydrogens is 234 g/mol. The van der Waals surface area contributed by atoms with Crippen LogP contribution in [0.15, 0.2) is 0 Å². The van der Waals surface area contributed by atoms with Crippen molar-refractivity contribution in [1.82, 2.24) is 15.1 Å². The second kappa shape index (κ2) is 5.56. The standard InChI is InChI=1S/C12H23N3O3/c1-12(2,3)15(8-10(16)17)11(18)13-9-5-6-14(4)7-9/h9H,5-8H2,1-4H3,(H,13,18)(H,16,17). The monoisotopic (exact) mass is 257 g/mol. The van der Waals surface area contributed by atoms with Crippen LogP contribution in [0.5, 0.6) is 0 Å². The van der Waals surface area contributed by atoms with Gasteiger partial charge in [-0.05, 0) is 40.8 Å². The molecule has 0 radical (unpaired) electrons. The summed E-state index contributed by atoms with van der Waals surface area (Å²) in [4.78, 5) is 26.4. The van der Waals surface area contributed by atoms with Crippen molar-refractivity contribution in [2.45, 2.75) is 38.8 Å². The number of carbonyl (C=O) groups excluding carboxylic acids is 1. The molecule has 1 atom stereocenters. The average Bonchev–Trinajstić information content (AvgIpc) is 2.58. The van der Waals surface area contributed by atoms with Crippen molar-refractivity contribution < 1.29 is 14.7 Å². The van der Waals surface area contributed by atoms with Gasteiger partial charge in [0.2, 0.25) is 0 Å². The Balaban J connectivity index is 2.62. The fourth-order valence-electron chi connectivity index (χ4n) is 2.05. The number of carboxylic acids is 1. The Morgan fingerprint density at radius 2 is 2.06 bits per heavy atom. The van der Waals surface area contributed by atoms with Crippen LogP contribution >= 0.6 is 0 Å². The van der Waals surface area contributed by atoms with Crippen LogP contribution in [0.4, 0.5) is 4.79 Å². The van der Waals surface area contributed by atoms with Crippen LogP contribution in [0, 0.1) is 0 Å². The molecule has 0 aromatic rings. The summed E-state index contributed by atoms with van der Waals surface area (Å²) in [7, 11) is 2.00. The minimum atomic E-state index is -0.997. The molecule has 18 heavy (non-hydrogen) atoms. The van der Waals surface area contributed by atoms with Gasteiger partial charge in [0, 0.05) is 18.1 Å². The van der Waals surface area contributed by atoms with Gasteiger partial charge >= 0.3 is 12.0 Å². The Bertz CT molecular complexity index is 325. The zero-order valence-corrected chi connectivity index (χ0v) is 11.6. The van der Waals surface area contributed by atoms with E-state index in [-0.39, 0.29) is 18.6 Å². The number of urea groups is 1. The lowest BCUT2D eigenvalue weighted by Crippen LogP contribution is -2.54. The number of carboxylic acid groups (broad SMARTS) is 1. The molecule has 1 heterocycles. The van der Waals surface area contributed by atoms with Crippen LogP contribution in [0.2, 0.25) is 0 Å². The molecule has 0 aromatic carbocycles. The smallest absolute Gasteiger partial charge is 0.323 e. The minimum absolute atomic E-state index is 0.112. The lowest BCUT2D eigenvalue weighted by Gasteiger charge is -2.35. The highest BCUT2D eigenvalue weighted by Gasteiger charge is 2.31. The van der Waals surface area contributed by atoms with Crippen molar-refractivity contribution in [3.63, 3.8) is 0 Å². The summed E-state index contributed by atoms with van der Waals surface area (Å²) in [5.41, 5.74) is -0.507. The Labute approximate surface area is 108 Å². The van der Waals surface area contributed by atoms with Crippen LogP contribution in [-0.4, -0.2) is 65.2 Å². The summed E-state index contributed by atoms with van der Waals surface area (Å²) in [6, 6.07) is -0.189. The van der Waals surface area contributed by atoms with E-state index in [1.807, 2.05) is 27.8 Å². The van der Waals surface area contributed by atoms with Crippen molar-refractivity contribution in [3.05, 3.63) is 0 Å². The predicted octanol–water partition coefficient (Wildman–Crippen LogP) is 0.585. The molecular formula is C12H23N3O3. The van der Waals surface area contributed by atoms with Crippen LogP contribution in [0.25, 0.3) is 0 Å². The average molecular weight is 257 g/mol. The lowest BCUT2D eigenvalue weighted by molar-refractivity contribution is -0.138. The van der Waals surface area contributed by atoms with Gasteiger partial charge in [-0.3, -0.25) is 4.79 Å². The molecule has 1 rings (SSSR count). The molecule has 1 aliphatic heterocycles. The minimum Gasteiger partial charge on any atom is -0.480 e. The van der Waals surface area contributed by atoms with Gasteiger partial charge in [-0.2, -0.15) is 0 Å². The summed E-state index contributed by atoms with van der Waals surface area (Å²) >= 11 is 0. The van der Waals surface area contributed by atoms with Crippen molar-refractivity contribution in [3.8, 4) is 0 Å². The van der Waals surface area contributed by atoms with Crippen molar-refractivity contribution in [2.24, 2.45) is 0 Å². The Hall–Kier alpha value is -1.30. The highest BCUT2D eigenvalue weighted by atomic mass is 16.4. The molecule has 104 valence electrons.